The van der Waals surface area contributed by atoms with Gasteiger partial charge in [0.15, 0.2) is 0 Å². The Morgan fingerprint density at radius 2 is 2.22 bits per heavy atom. The second-order valence-corrected chi connectivity index (χ2v) is 6.39. The molecule has 1 fully saturated rings. The van der Waals surface area contributed by atoms with Gasteiger partial charge in [-0.2, -0.15) is 0 Å². The Bertz CT molecular complexity index is 401. The molecular formula is C13H19BrN2OS. The van der Waals surface area contributed by atoms with Crippen molar-refractivity contribution in [3.05, 3.63) is 16.1 Å². The monoisotopic (exact) mass is 330 g/mol. The molecule has 1 amide bonds. The Hall–Kier alpha value is -0.420. The van der Waals surface area contributed by atoms with Crippen LogP contribution >= 0.6 is 27.3 Å². The van der Waals surface area contributed by atoms with Gasteiger partial charge in [-0.25, -0.2) is 4.98 Å². The van der Waals surface area contributed by atoms with Crippen LogP contribution in [-0.2, 0) is 0 Å². The fourth-order valence-corrected chi connectivity index (χ4v) is 3.71. The van der Waals surface area contributed by atoms with E-state index in [0.29, 0.717) is 6.04 Å². The molecule has 0 bridgehead atoms. The summed E-state index contributed by atoms with van der Waals surface area (Å²) in [7, 11) is 0. The number of hydrogen-bond acceptors (Lipinski definition) is 3. The Morgan fingerprint density at radius 3 is 2.78 bits per heavy atom. The fraction of sp³-hybridized carbons (Fsp3) is 0.692. The topological polar surface area (TPSA) is 33.2 Å². The average Bonchev–Trinajstić information content (AvgIpc) is 2.82. The summed E-state index contributed by atoms with van der Waals surface area (Å²) in [5.74, 6) is 0.168. The van der Waals surface area contributed by atoms with Crippen molar-refractivity contribution in [2.45, 2.75) is 45.1 Å². The third-order valence-electron chi connectivity index (χ3n) is 3.54. The molecule has 2 rings (SSSR count). The van der Waals surface area contributed by atoms with Crippen LogP contribution in [0, 0.1) is 6.92 Å². The molecule has 1 aromatic rings. The van der Waals surface area contributed by atoms with Crippen LogP contribution in [0.2, 0.25) is 0 Å². The lowest BCUT2D eigenvalue weighted by Crippen LogP contribution is -2.42. The number of amides is 1. The zero-order valence-corrected chi connectivity index (χ0v) is 13.1. The number of aryl methyl sites for hydroxylation is 1. The molecular weight excluding hydrogens is 312 g/mol. The SMILES string of the molecule is Cc1ncsc1C(=O)N(CCBr)C1CCCCC1. The number of carbonyl (C=O) groups excluding carboxylic acids is 1. The molecule has 0 unspecified atom stereocenters. The van der Waals surface area contributed by atoms with Crippen LogP contribution in [-0.4, -0.2) is 33.7 Å². The first-order valence-corrected chi connectivity index (χ1v) is 8.51. The van der Waals surface area contributed by atoms with Crippen LogP contribution < -0.4 is 0 Å². The van der Waals surface area contributed by atoms with Crippen molar-refractivity contribution in [1.82, 2.24) is 9.88 Å². The Morgan fingerprint density at radius 1 is 1.50 bits per heavy atom. The fourth-order valence-electron chi connectivity index (χ4n) is 2.57. The van der Waals surface area contributed by atoms with Crippen molar-refractivity contribution in [2.75, 3.05) is 11.9 Å². The molecule has 0 atom stereocenters. The van der Waals surface area contributed by atoms with Crippen LogP contribution in [0.5, 0.6) is 0 Å². The van der Waals surface area contributed by atoms with E-state index in [0.717, 1.165) is 35.3 Å². The number of rotatable bonds is 4. The van der Waals surface area contributed by atoms with Crippen molar-refractivity contribution < 1.29 is 4.79 Å². The van der Waals surface area contributed by atoms with Crippen molar-refractivity contribution in [1.29, 1.82) is 0 Å². The molecule has 5 heteroatoms. The minimum atomic E-state index is 0.168. The van der Waals surface area contributed by atoms with E-state index < -0.39 is 0 Å². The summed E-state index contributed by atoms with van der Waals surface area (Å²) in [4.78, 5) is 19.6. The first kappa shape index (κ1) is 14.0. The maximum absolute atomic E-state index is 12.6. The molecule has 1 aliphatic rings. The van der Waals surface area contributed by atoms with E-state index in [1.165, 1.54) is 30.6 Å². The van der Waals surface area contributed by atoms with Crippen LogP contribution in [0.15, 0.2) is 5.51 Å². The molecule has 18 heavy (non-hydrogen) atoms. The van der Waals surface area contributed by atoms with Gasteiger partial charge in [0.1, 0.15) is 4.88 Å². The first-order chi connectivity index (χ1) is 8.74. The summed E-state index contributed by atoms with van der Waals surface area (Å²) in [6.07, 6.45) is 6.11. The van der Waals surface area contributed by atoms with E-state index in [-0.39, 0.29) is 5.91 Å². The van der Waals surface area contributed by atoms with E-state index >= 15 is 0 Å². The Kier molecular flexibility index (Phi) is 5.18. The van der Waals surface area contributed by atoms with E-state index in [1.807, 2.05) is 6.92 Å². The highest BCUT2D eigenvalue weighted by Crippen LogP contribution is 2.25. The highest BCUT2D eigenvalue weighted by atomic mass is 79.9. The molecule has 1 aromatic heterocycles. The van der Waals surface area contributed by atoms with Gasteiger partial charge in [-0.15, -0.1) is 11.3 Å². The van der Waals surface area contributed by atoms with E-state index in [4.69, 9.17) is 0 Å². The van der Waals surface area contributed by atoms with Gasteiger partial charge in [0.05, 0.1) is 11.2 Å². The van der Waals surface area contributed by atoms with Gasteiger partial charge < -0.3 is 4.90 Å². The summed E-state index contributed by atoms with van der Waals surface area (Å²) in [5.41, 5.74) is 2.62. The van der Waals surface area contributed by atoms with Gasteiger partial charge in [0, 0.05) is 17.9 Å². The lowest BCUT2D eigenvalue weighted by atomic mass is 9.94. The standard InChI is InChI=1S/C13H19BrN2OS/c1-10-12(18-9-15-10)13(17)16(8-7-14)11-5-3-2-4-6-11/h9,11H,2-8H2,1H3. The number of nitrogens with zero attached hydrogens (tertiary/aromatic N) is 2. The van der Waals surface area contributed by atoms with Crippen molar-refractivity contribution in [2.24, 2.45) is 0 Å². The third kappa shape index (κ3) is 3.12. The lowest BCUT2D eigenvalue weighted by molar-refractivity contribution is 0.0655. The van der Waals surface area contributed by atoms with Gasteiger partial charge in [-0.3, -0.25) is 4.79 Å². The normalized spacial score (nSPS) is 16.8. The maximum atomic E-state index is 12.6. The average molecular weight is 331 g/mol. The van der Waals surface area contributed by atoms with Gasteiger partial charge in [-0.1, -0.05) is 35.2 Å². The van der Waals surface area contributed by atoms with Crippen LogP contribution in [0.25, 0.3) is 0 Å². The quantitative estimate of drug-likeness (QED) is 0.790. The maximum Gasteiger partial charge on any atom is 0.266 e. The summed E-state index contributed by atoms with van der Waals surface area (Å²) >= 11 is 4.92. The second kappa shape index (κ2) is 6.66. The summed E-state index contributed by atoms with van der Waals surface area (Å²) in [6.45, 7) is 2.71. The zero-order chi connectivity index (χ0) is 13.0. The number of alkyl halides is 1. The molecule has 1 saturated carbocycles. The molecule has 0 N–H and O–H groups in total. The van der Waals surface area contributed by atoms with Gasteiger partial charge in [0.25, 0.3) is 5.91 Å². The van der Waals surface area contributed by atoms with Crippen LogP contribution in [0.4, 0.5) is 0 Å². The van der Waals surface area contributed by atoms with Gasteiger partial charge in [0.2, 0.25) is 0 Å². The zero-order valence-electron chi connectivity index (χ0n) is 10.7. The minimum absolute atomic E-state index is 0.168. The summed E-state index contributed by atoms with van der Waals surface area (Å²) in [5, 5.41) is 0.840. The number of hydrogen-bond donors (Lipinski definition) is 0. The van der Waals surface area contributed by atoms with Gasteiger partial charge in [-0.05, 0) is 19.8 Å². The molecule has 1 aliphatic carbocycles. The molecule has 1 heterocycles. The molecule has 0 spiro atoms. The Balaban J connectivity index is 2.13. The predicted molar refractivity (Wildman–Crippen MR) is 78.6 cm³/mol. The van der Waals surface area contributed by atoms with Crippen LogP contribution in [0.1, 0.15) is 47.5 Å². The van der Waals surface area contributed by atoms with Crippen molar-refractivity contribution in [3.63, 3.8) is 0 Å². The molecule has 0 radical (unpaired) electrons. The highest BCUT2D eigenvalue weighted by molar-refractivity contribution is 9.09. The second-order valence-electron chi connectivity index (χ2n) is 4.75. The third-order valence-corrected chi connectivity index (χ3v) is 4.81. The number of carbonyl (C=O) groups is 1. The smallest absolute Gasteiger partial charge is 0.266 e. The molecule has 3 nitrogen and oxygen atoms in total. The number of thiazole rings is 1. The van der Waals surface area contributed by atoms with Crippen molar-refractivity contribution in [3.8, 4) is 0 Å². The summed E-state index contributed by atoms with van der Waals surface area (Å²) < 4.78 is 0. The highest BCUT2D eigenvalue weighted by Gasteiger charge is 2.27. The van der Waals surface area contributed by atoms with E-state index in [2.05, 4.69) is 25.8 Å². The molecule has 0 aromatic carbocycles. The molecule has 0 aliphatic heterocycles. The van der Waals surface area contributed by atoms with E-state index in [1.54, 1.807) is 5.51 Å². The van der Waals surface area contributed by atoms with E-state index in [9.17, 15) is 4.79 Å². The Labute approximate surface area is 121 Å². The molecule has 100 valence electrons. The molecule has 0 saturated heterocycles. The number of aromatic nitrogens is 1. The van der Waals surface area contributed by atoms with Crippen molar-refractivity contribution >= 4 is 33.2 Å². The number of halogens is 1. The summed E-state index contributed by atoms with van der Waals surface area (Å²) in [6, 6.07) is 0.422. The predicted octanol–water partition coefficient (Wildman–Crippen LogP) is 3.62. The largest absolute Gasteiger partial charge is 0.334 e. The van der Waals surface area contributed by atoms with Crippen LogP contribution in [0.3, 0.4) is 0 Å². The minimum Gasteiger partial charge on any atom is -0.334 e. The lowest BCUT2D eigenvalue weighted by Gasteiger charge is -2.33. The van der Waals surface area contributed by atoms with Gasteiger partial charge >= 0.3 is 0 Å². The first-order valence-electron chi connectivity index (χ1n) is 6.51.